The second-order valence-corrected chi connectivity index (χ2v) is 5.99. The molecule has 1 atom stereocenters. The first-order chi connectivity index (χ1) is 13.1. The third-order valence-electron chi connectivity index (χ3n) is 4.04. The zero-order valence-electron chi connectivity index (χ0n) is 15.0. The topological polar surface area (TPSA) is 137 Å². The summed E-state index contributed by atoms with van der Waals surface area (Å²) in [4.78, 5) is 19.0. The molecule has 1 aliphatic heterocycles. The van der Waals surface area contributed by atoms with Crippen molar-refractivity contribution in [2.75, 3.05) is 36.1 Å². The van der Waals surface area contributed by atoms with E-state index in [1.54, 1.807) is 24.3 Å². The van der Waals surface area contributed by atoms with Crippen molar-refractivity contribution >= 4 is 29.0 Å². The molecule has 0 unspecified atom stereocenters. The van der Waals surface area contributed by atoms with Gasteiger partial charge in [-0.3, -0.25) is 10.1 Å². The number of nitro groups is 1. The molecule has 1 aromatic carbocycles. The maximum Gasteiger partial charge on any atom is 0.353 e. The fourth-order valence-corrected chi connectivity index (χ4v) is 2.78. The predicted octanol–water partition coefficient (Wildman–Crippen LogP) is 2.70. The van der Waals surface area contributed by atoms with E-state index in [0.29, 0.717) is 25.4 Å². The summed E-state index contributed by atoms with van der Waals surface area (Å²) in [5.74, 6) is 0.762. The summed E-state index contributed by atoms with van der Waals surface area (Å²) in [6.07, 6.45) is 1.88. The van der Waals surface area contributed by atoms with Crippen molar-refractivity contribution in [3.05, 3.63) is 34.4 Å². The quantitative estimate of drug-likeness (QED) is 0.470. The fraction of sp³-hybridized carbons (Fsp3) is 0.412. The van der Waals surface area contributed by atoms with Gasteiger partial charge in [-0.15, -0.1) is 0 Å². The lowest BCUT2D eigenvalue weighted by Crippen LogP contribution is -2.20. The summed E-state index contributed by atoms with van der Waals surface area (Å²) >= 11 is 0. The zero-order chi connectivity index (χ0) is 19.2. The maximum absolute atomic E-state index is 11.3. The monoisotopic (exact) mass is 374 g/mol. The third kappa shape index (κ3) is 4.73. The summed E-state index contributed by atoms with van der Waals surface area (Å²) in [7, 11) is 0. The largest absolute Gasteiger partial charge is 0.494 e. The first-order valence-corrected chi connectivity index (χ1v) is 8.74. The Balaban J connectivity index is 1.79. The van der Waals surface area contributed by atoms with Crippen LogP contribution < -0.4 is 21.1 Å². The number of ether oxygens (including phenoxy) is 2. The normalized spacial score (nSPS) is 16.1. The number of nitrogens with two attached hydrogens (primary N) is 1. The Morgan fingerprint density at radius 1 is 1.37 bits per heavy atom. The molecule has 27 heavy (non-hydrogen) atoms. The van der Waals surface area contributed by atoms with Crippen LogP contribution in [0, 0.1) is 10.1 Å². The Hall–Kier alpha value is -3.14. The van der Waals surface area contributed by atoms with Crippen molar-refractivity contribution in [1.82, 2.24) is 9.97 Å². The molecule has 10 nitrogen and oxygen atoms in total. The molecule has 3 rings (SSSR count). The van der Waals surface area contributed by atoms with Gasteiger partial charge in [0.1, 0.15) is 5.75 Å². The molecule has 144 valence electrons. The average molecular weight is 374 g/mol. The van der Waals surface area contributed by atoms with E-state index in [9.17, 15) is 10.1 Å². The Morgan fingerprint density at radius 3 is 2.78 bits per heavy atom. The van der Waals surface area contributed by atoms with Crippen LogP contribution in [-0.2, 0) is 4.74 Å². The molecule has 1 fully saturated rings. The number of nitrogens with zero attached hydrogens (tertiary/aromatic N) is 3. The smallest absolute Gasteiger partial charge is 0.353 e. The highest BCUT2D eigenvalue weighted by Crippen LogP contribution is 2.30. The molecule has 0 spiro atoms. The van der Waals surface area contributed by atoms with Gasteiger partial charge in [0.05, 0.1) is 17.6 Å². The summed E-state index contributed by atoms with van der Waals surface area (Å²) in [5.41, 5.74) is 6.16. The van der Waals surface area contributed by atoms with Gasteiger partial charge < -0.3 is 25.8 Å². The van der Waals surface area contributed by atoms with Crippen LogP contribution in [0.1, 0.15) is 19.8 Å². The molecule has 0 bridgehead atoms. The van der Waals surface area contributed by atoms with Gasteiger partial charge in [-0.05, 0) is 44.0 Å². The molecule has 0 amide bonds. The van der Waals surface area contributed by atoms with Crippen molar-refractivity contribution in [1.29, 1.82) is 0 Å². The van der Waals surface area contributed by atoms with Crippen LogP contribution in [0.5, 0.6) is 5.75 Å². The van der Waals surface area contributed by atoms with Gasteiger partial charge in [-0.1, -0.05) is 0 Å². The molecule has 1 saturated heterocycles. The number of hydrogen-bond donors (Lipinski definition) is 3. The van der Waals surface area contributed by atoms with Crippen LogP contribution in [0.4, 0.5) is 29.0 Å². The highest BCUT2D eigenvalue weighted by atomic mass is 16.6. The molecule has 1 aliphatic rings. The van der Waals surface area contributed by atoms with E-state index in [-0.39, 0.29) is 29.4 Å². The van der Waals surface area contributed by atoms with Gasteiger partial charge in [0.25, 0.3) is 0 Å². The van der Waals surface area contributed by atoms with Crippen molar-refractivity contribution < 1.29 is 14.4 Å². The number of nitrogen functional groups attached to an aromatic ring is 1. The molecular formula is C17H22N6O4. The van der Waals surface area contributed by atoms with Gasteiger partial charge >= 0.3 is 5.69 Å². The second-order valence-electron chi connectivity index (χ2n) is 5.99. The van der Waals surface area contributed by atoms with Crippen molar-refractivity contribution in [2.24, 2.45) is 0 Å². The fourth-order valence-electron chi connectivity index (χ4n) is 2.78. The SMILES string of the molecule is CCOc1ccc(Nc2nc(N)c([N+](=O)[O-])c(NC[C@@H]3CCCO3)n2)cc1. The number of aromatic nitrogens is 2. The highest BCUT2D eigenvalue weighted by Gasteiger charge is 2.24. The molecule has 4 N–H and O–H groups in total. The predicted molar refractivity (Wildman–Crippen MR) is 101 cm³/mol. The Bertz CT molecular complexity index is 793. The summed E-state index contributed by atoms with van der Waals surface area (Å²) in [6.45, 7) is 3.60. The number of benzene rings is 1. The lowest BCUT2D eigenvalue weighted by atomic mass is 10.2. The maximum atomic E-state index is 11.3. The van der Waals surface area contributed by atoms with Crippen LogP contribution in [0.15, 0.2) is 24.3 Å². The zero-order valence-corrected chi connectivity index (χ0v) is 15.0. The van der Waals surface area contributed by atoms with Gasteiger partial charge in [-0.25, -0.2) is 0 Å². The summed E-state index contributed by atoms with van der Waals surface area (Å²) in [6, 6.07) is 7.20. The minimum absolute atomic E-state index is 0.00307. The van der Waals surface area contributed by atoms with Crippen LogP contribution in [0.25, 0.3) is 0 Å². The Morgan fingerprint density at radius 2 is 2.15 bits per heavy atom. The van der Waals surface area contributed by atoms with E-state index < -0.39 is 4.92 Å². The van der Waals surface area contributed by atoms with Gasteiger partial charge in [0, 0.05) is 18.8 Å². The van der Waals surface area contributed by atoms with Crippen LogP contribution in [0.3, 0.4) is 0 Å². The van der Waals surface area contributed by atoms with E-state index >= 15 is 0 Å². The lowest BCUT2D eigenvalue weighted by molar-refractivity contribution is -0.383. The van der Waals surface area contributed by atoms with E-state index in [1.165, 1.54) is 0 Å². The molecule has 0 saturated carbocycles. The van der Waals surface area contributed by atoms with E-state index in [2.05, 4.69) is 20.6 Å². The van der Waals surface area contributed by atoms with E-state index in [1.807, 2.05) is 6.92 Å². The summed E-state index contributed by atoms with van der Waals surface area (Å²) in [5, 5.41) is 17.3. The minimum Gasteiger partial charge on any atom is -0.494 e. The molecule has 1 aromatic heterocycles. The van der Waals surface area contributed by atoms with E-state index in [0.717, 1.165) is 18.6 Å². The van der Waals surface area contributed by atoms with Crippen LogP contribution in [-0.4, -0.2) is 40.8 Å². The van der Waals surface area contributed by atoms with Crippen molar-refractivity contribution in [2.45, 2.75) is 25.9 Å². The standard InChI is InChI=1S/C17H22N6O4/c1-2-26-12-7-5-11(6-8-12)20-17-21-15(18)14(23(24)25)16(22-17)19-10-13-4-3-9-27-13/h5-8,13H,2-4,9-10H2,1H3,(H4,18,19,20,21,22)/t13-/m0/s1. The number of rotatable bonds is 8. The highest BCUT2D eigenvalue weighted by molar-refractivity contribution is 5.71. The molecule has 2 aromatic rings. The second kappa shape index (κ2) is 8.49. The molecule has 2 heterocycles. The molecule has 10 heteroatoms. The molecule has 0 aliphatic carbocycles. The van der Waals surface area contributed by atoms with E-state index in [4.69, 9.17) is 15.2 Å². The van der Waals surface area contributed by atoms with Crippen LogP contribution in [0.2, 0.25) is 0 Å². The third-order valence-corrected chi connectivity index (χ3v) is 4.04. The number of nitrogens with one attached hydrogen (secondary N) is 2. The van der Waals surface area contributed by atoms with Crippen LogP contribution >= 0.6 is 0 Å². The van der Waals surface area contributed by atoms with Gasteiger partial charge in [0.15, 0.2) is 0 Å². The first kappa shape index (κ1) is 18.6. The average Bonchev–Trinajstić information content (AvgIpc) is 3.15. The first-order valence-electron chi connectivity index (χ1n) is 8.74. The minimum atomic E-state index is -0.589. The van der Waals surface area contributed by atoms with Gasteiger partial charge in [-0.2, -0.15) is 9.97 Å². The Labute approximate surface area is 156 Å². The Kier molecular flexibility index (Phi) is 5.87. The number of hydrogen-bond acceptors (Lipinski definition) is 9. The van der Waals surface area contributed by atoms with Crippen molar-refractivity contribution in [3.8, 4) is 5.75 Å². The lowest BCUT2D eigenvalue weighted by Gasteiger charge is -2.13. The van der Waals surface area contributed by atoms with Gasteiger partial charge in [0.2, 0.25) is 17.6 Å². The molecular weight excluding hydrogens is 352 g/mol. The van der Waals surface area contributed by atoms with Crippen molar-refractivity contribution in [3.63, 3.8) is 0 Å². The number of anilines is 4. The summed E-state index contributed by atoms with van der Waals surface area (Å²) < 4.78 is 10.9. The molecule has 0 radical (unpaired) electrons.